The van der Waals surface area contributed by atoms with Crippen LogP contribution in [0.1, 0.15) is 43.5 Å². The van der Waals surface area contributed by atoms with Gasteiger partial charge in [-0.1, -0.05) is 0 Å². The van der Waals surface area contributed by atoms with E-state index in [-0.39, 0.29) is 11.8 Å². The highest BCUT2D eigenvalue weighted by Gasteiger charge is 2.30. The van der Waals surface area contributed by atoms with Crippen LogP contribution >= 0.6 is 0 Å². The number of H-pyrrole nitrogens is 1. The van der Waals surface area contributed by atoms with E-state index in [1.54, 1.807) is 12.4 Å². The number of hydrogen-bond donors (Lipinski definition) is 2. The lowest BCUT2D eigenvalue weighted by Crippen LogP contribution is -2.29. The minimum Gasteiger partial charge on any atom is -0.370 e. The van der Waals surface area contributed by atoms with Crippen molar-refractivity contribution in [2.45, 2.75) is 32.1 Å². The van der Waals surface area contributed by atoms with E-state index in [4.69, 9.17) is 15.0 Å². The molecule has 2 aliphatic heterocycles. The summed E-state index contributed by atoms with van der Waals surface area (Å²) >= 11 is 0. The largest absolute Gasteiger partial charge is 0.370 e. The van der Waals surface area contributed by atoms with Crippen molar-refractivity contribution in [1.82, 2.24) is 24.9 Å². The smallest absolute Gasteiger partial charge is 0.227 e. The van der Waals surface area contributed by atoms with Gasteiger partial charge in [-0.25, -0.2) is 9.97 Å². The van der Waals surface area contributed by atoms with Crippen LogP contribution in [0.5, 0.6) is 0 Å². The number of aromatic amines is 1. The summed E-state index contributed by atoms with van der Waals surface area (Å²) in [6.07, 6.45) is 12.7. The van der Waals surface area contributed by atoms with Crippen LogP contribution in [0.4, 0.5) is 17.1 Å². The number of anilines is 3. The maximum atomic E-state index is 12.3. The van der Waals surface area contributed by atoms with Crippen LogP contribution in [-0.2, 0) is 4.79 Å². The standard InChI is InChI=1S/C28H29N9O/c1-36-16-32-24(27-34-25-22(7-8-30-26(25)35-27)37-9-3-2-4-10-37)20-12-21(31-15-23(20)36)18-11-19(14-29-13-18)33-28(38)17-5-6-17/h7-8,11-15,17H,2-6,9-10,16H2,1H3,(H,33,38)(H,30,34,35). The van der Waals surface area contributed by atoms with Crippen molar-refractivity contribution >= 4 is 39.8 Å². The Morgan fingerprint density at radius 2 is 1.92 bits per heavy atom. The van der Waals surface area contributed by atoms with E-state index in [1.165, 1.54) is 19.3 Å². The number of nitrogens with zero attached hydrogens (tertiary/aromatic N) is 7. The van der Waals surface area contributed by atoms with E-state index < -0.39 is 0 Å². The molecule has 10 heteroatoms. The van der Waals surface area contributed by atoms with Gasteiger partial charge in [0.15, 0.2) is 11.5 Å². The molecule has 2 fully saturated rings. The fourth-order valence-electron chi connectivity index (χ4n) is 5.29. The maximum Gasteiger partial charge on any atom is 0.227 e. The normalized spacial score (nSPS) is 17.3. The van der Waals surface area contributed by atoms with Gasteiger partial charge in [0, 0.05) is 49.6 Å². The van der Waals surface area contributed by atoms with Crippen molar-refractivity contribution < 1.29 is 4.79 Å². The zero-order valence-electron chi connectivity index (χ0n) is 21.3. The second kappa shape index (κ2) is 9.20. The summed E-state index contributed by atoms with van der Waals surface area (Å²) in [5, 5.41) is 2.98. The third-order valence-corrected chi connectivity index (χ3v) is 7.53. The fourth-order valence-corrected chi connectivity index (χ4v) is 5.29. The van der Waals surface area contributed by atoms with Gasteiger partial charge in [0.25, 0.3) is 0 Å². The van der Waals surface area contributed by atoms with E-state index >= 15 is 0 Å². The predicted octanol–water partition coefficient (Wildman–Crippen LogP) is 4.00. The van der Waals surface area contributed by atoms with Gasteiger partial charge >= 0.3 is 0 Å². The Balaban J connectivity index is 1.25. The number of imidazole rings is 1. The third kappa shape index (κ3) is 4.15. The van der Waals surface area contributed by atoms with Gasteiger partial charge in [0.2, 0.25) is 5.91 Å². The third-order valence-electron chi connectivity index (χ3n) is 7.53. The van der Waals surface area contributed by atoms with Crippen LogP contribution in [0, 0.1) is 5.92 Å². The summed E-state index contributed by atoms with van der Waals surface area (Å²) in [5.74, 6) is 0.886. The highest BCUT2D eigenvalue weighted by Crippen LogP contribution is 2.33. The van der Waals surface area contributed by atoms with E-state index in [2.05, 4.69) is 36.1 Å². The van der Waals surface area contributed by atoms with E-state index in [9.17, 15) is 4.79 Å². The number of fused-ring (bicyclic) bond motifs is 2. The molecule has 38 heavy (non-hydrogen) atoms. The Morgan fingerprint density at radius 3 is 2.76 bits per heavy atom. The summed E-state index contributed by atoms with van der Waals surface area (Å²) in [7, 11) is 2.00. The van der Waals surface area contributed by atoms with Crippen molar-refractivity contribution in [2.24, 2.45) is 10.9 Å². The first-order chi connectivity index (χ1) is 18.6. The fraction of sp³-hybridized carbons (Fsp3) is 0.357. The summed E-state index contributed by atoms with van der Waals surface area (Å²) in [6.45, 7) is 2.60. The molecule has 10 nitrogen and oxygen atoms in total. The summed E-state index contributed by atoms with van der Waals surface area (Å²) in [6, 6.07) is 6.02. The van der Waals surface area contributed by atoms with Crippen molar-refractivity contribution in [1.29, 1.82) is 0 Å². The quantitative estimate of drug-likeness (QED) is 0.420. The Kier molecular flexibility index (Phi) is 5.52. The van der Waals surface area contributed by atoms with Gasteiger partial charge in [0.1, 0.15) is 17.9 Å². The summed E-state index contributed by atoms with van der Waals surface area (Å²) in [5.41, 5.74) is 7.76. The highest BCUT2D eigenvalue weighted by atomic mass is 16.2. The molecular weight excluding hydrogens is 478 g/mol. The molecule has 192 valence electrons. The number of rotatable bonds is 5. The van der Waals surface area contributed by atoms with Crippen LogP contribution in [-0.4, -0.2) is 63.3 Å². The first-order valence-electron chi connectivity index (χ1n) is 13.3. The lowest BCUT2D eigenvalue weighted by atomic mass is 10.0. The number of hydrogen-bond acceptors (Lipinski definition) is 8. The SMILES string of the molecule is CN1CN=C(c2nc3nccc(N4CCCCC4)c3[nH]2)c2cc(-c3cncc(NC(=O)C4CC4)c3)ncc21. The Hall–Kier alpha value is -4.34. The van der Waals surface area contributed by atoms with Crippen molar-refractivity contribution in [3.05, 3.63) is 54.4 Å². The predicted molar refractivity (Wildman–Crippen MR) is 148 cm³/mol. The van der Waals surface area contributed by atoms with Gasteiger partial charge in [-0.15, -0.1) is 0 Å². The number of aliphatic imine (C=N–C) groups is 1. The molecule has 7 rings (SSSR count). The van der Waals surface area contributed by atoms with E-state index in [1.807, 2.05) is 31.6 Å². The average Bonchev–Trinajstić information content (AvgIpc) is 3.72. The van der Waals surface area contributed by atoms with Gasteiger partial charge in [-0.3, -0.25) is 19.8 Å². The lowest BCUT2D eigenvalue weighted by Gasteiger charge is -2.28. The zero-order chi connectivity index (χ0) is 25.6. The molecule has 0 unspecified atom stereocenters. The minimum absolute atomic E-state index is 0.0563. The van der Waals surface area contributed by atoms with E-state index in [0.29, 0.717) is 23.8 Å². The molecule has 1 saturated carbocycles. The number of carbonyl (C=O) groups excluding carboxylic acids is 1. The van der Waals surface area contributed by atoms with Crippen LogP contribution in [0.15, 0.2) is 48.0 Å². The maximum absolute atomic E-state index is 12.3. The first-order valence-corrected chi connectivity index (χ1v) is 13.3. The Morgan fingerprint density at radius 1 is 1.05 bits per heavy atom. The highest BCUT2D eigenvalue weighted by molar-refractivity contribution is 6.16. The second-order valence-corrected chi connectivity index (χ2v) is 10.3. The van der Waals surface area contributed by atoms with Gasteiger partial charge < -0.3 is 20.1 Å². The molecule has 0 bridgehead atoms. The van der Waals surface area contributed by atoms with Crippen molar-refractivity contribution in [2.75, 3.05) is 41.9 Å². The molecule has 0 radical (unpaired) electrons. The number of piperidine rings is 1. The second-order valence-electron chi connectivity index (χ2n) is 10.3. The van der Waals surface area contributed by atoms with Gasteiger partial charge in [0.05, 0.1) is 35.1 Å². The number of amides is 1. The lowest BCUT2D eigenvalue weighted by molar-refractivity contribution is -0.117. The molecule has 4 aromatic heterocycles. The van der Waals surface area contributed by atoms with Crippen LogP contribution in [0.3, 0.4) is 0 Å². The monoisotopic (exact) mass is 507 g/mol. The molecule has 0 aromatic carbocycles. The molecule has 4 aromatic rings. The van der Waals surface area contributed by atoms with Gasteiger partial charge in [-0.05, 0) is 50.3 Å². The number of pyridine rings is 3. The molecule has 1 saturated heterocycles. The number of nitrogens with one attached hydrogen (secondary N) is 2. The molecule has 0 spiro atoms. The molecule has 1 amide bonds. The molecule has 2 N–H and O–H groups in total. The Labute approximate surface area is 220 Å². The zero-order valence-corrected chi connectivity index (χ0v) is 21.3. The molecular formula is C28H29N9O. The number of aromatic nitrogens is 5. The number of carbonyl (C=O) groups is 1. The van der Waals surface area contributed by atoms with Crippen molar-refractivity contribution in [3.8, 4) is 11.3 Å². The Bertz CT molecular complexity index is 1570. The summed E-state index contributed by atoms with van der Waals surface area (Å²) in [4.78, 5) is 43.7. The van der Waals surface area contributed by atoms with Crippen LogP contribution in [0.25, 0.3) is 22.4 Å². The van der Waals surface area contributed by atoms with Crippen LogP contribution < -0.4 is 15.1 Å². The van der Waals surface area contributed by atoms with E-state index in [0.717, 1.165) is 65.4 Å². The molecule has 3 aliphatic rings. The molecule has 0 atom stereocenters. The summed E-state index contributed by atoms with van der Waals surface area (Å²) < 4.78 is 0. The molecule has 6 heterocycles. The first kappa shape index (κ1) is 22.8. The molecule has 1 aliphatic carbocycles. The van der Waals surface area contributed by atoms with Gasteiger partial charge in [-0.2, -0.15) is 0 Å². The van der Waals surface area contributed by atoms with Crippen LogP contribution in [0.2, 0.25) is 0 Å². The minimum atomic E-state index is 0.0563. The van der Waals surface area contributed by atoms with Crippen molar-refractivity contribution in [3.63, 3.8) is 0 Å². The average molecular weight is 508 g/mol. The topological polar surface area (TPSA) is 115 Å².